The predicted octanol–water partition coefficient (Wildman–Crippen LogP) is 4.67. The summed E-state index contributed by atoms with van der Waals surface area (Å²) in [4.78, 5) is 15.6. The summed E-state index contributed by atoms with van der Waals surface area (Å²) in [5.41, 5.74) is 1.28. The van der Waals surface area contributed by atoms with Crippen molar-refractivity contribution in [2.45, 2.75) is 75.8 Å². The summed E-state index contributed by atoms with van der Waals surface area (Å²) in [5.74, 6) is 4.06. The maximum Gasteiger partial charge on any atom is 0.235 e. The van der Waals surface area contributed by atoms with Gasteiger partial charge in [0.05, 0.1) is 5.25 Å². The first kappa shape index (κ1) is 21.4. The predicted molar refractivity (Wildman–Crippen MR) is 122 cm³/mol. The Morgan fingerprint density at radius 2 is 1.93 bits per heavy atom. The molecule has 0 saturated carbocycles. The number of benzene rings is 1. The van der Waals surface area contributed by atoms with Crippen LogP contribution in [-0.4, -0.2) is 43.9 Å². The van der Waals surface area contributed by atoms with Crippen molar-refractivity contribution in [1.82, 2.24) is 19.7 Å². The number of amides is 1. The number of piperidine rings is 1. The number of carbonyl (C=O) groups excluding carboxylic acids is 1. The van der Waals surface area contributed by atoms with Crippen LogP contribution in [0, 0.1) is 5.92 Å². The highest BCUT2D eigenvalue weighted by molar-refractivity contribution is 7.99. The average Bonchev–Trinajstić information content (AvgIpc) is 3.02. The number of nitrogens with zero attached hydrogens (tertiary/aromatic N) is 4. The Bertz CT molecular complexity index is 835. The summed E-state index contributed by atoms with van der Waals surface area (Å²) < 4.78 is 2.36. The molecule has 2 aliphatic heterocycles. The molecule has 3 heterocycles. The summed E-state index contributed by atoms with van der Waals surface area (Å²) >= 11 is 1.78. The van der Waals surface area contributed by atoms with Gasteiger partial charge in [-0.1, -0.05) is 50.6 Å². The van der Waals surface area contributed by atoms with E-state index in [2.05, 4.69) is 57.8 Å². The molecule has 0 radical (unpaired) electrons. The molecule has 2 unspecified atom stereocenters. The van der Waals surface area contributed by atoms with E-state index in [1.54, 1.807) is 11.8 Å². The molecule has 30 heavy (non-hydrogen) atoms. The molecule has 1 aromatic carbocycles. The first-order valence-corrected chi connectivity index (χ1v) is 12.5. The van der Waals surface area contributed by atoms with Gasteiger partial charge < -0.3 is 9.47 Å². The summed E-state index contributed by atoms with van der Waals surface area (Å²) in [7, 11) is 0. The van der Waals surface area contributed by atoms with Crippen LogP contribution in [0.25, 0.3) is 0 Å². The minimum atomic E-state index is -0.000490. The average molecular weight is 427 g/mol. The molecular formula is C24H34N4OS. The van der Waals surface area contributed by atoms with E-state index in [-0.39, 0.29) is 5.25 Å². The van der Waals surface area contributed by atoms with Gasteiger partial charge in [0.2, 0.25) is 5.91 Å². The lowest BCUT2D eigenvalue weighted by molar-refractivity contribution is -0.132. The molecule has 5 nitrogen and oxygen atoms in total. The van der Waals surface area contributed by atoms with Crippen molar-refractivity contribution in [3.63, 3.8) is 0 Å². The van der Waals surface area contributed by atoms with E-state index >= 15 is 0 Å². The Kier molecular flexibility index (Phi) is 7.13. The van der Waals surface area contributed by atoms with E-state index in [9.17, 15) is 4.79 Å². The van der Waals surface area contributed by atoms with Gasteiger partial charge in [0.25, 0.3) is 0 Å². The van der Waals surface area contributed by atoms with E-state index in [0.29, 0.717) is 17.7 Å². The van der Waals surface area contributed by atoms with Crippen molar-refractivity contribution in [3.05, 3.63) is 47.5 Å². The van der Waals surface area contributed by atoms with Gasteiger partial charge in [-0.25, -0.2) is 0 Å². The summed E-state index contributed by atoms with van der Waals surface area (Å²) in [6.07, 6.45) is 6.87. The monoisotopic (exact) mass is 426 g/mol. The highest BCUT2D eigenvalue weighted by Gasteiger charge is 2.33. The van der Waals surface area contributed by atoms with Crippen molar-refractivity contribution in [3.8, 4) is 0 Å². The summed E-state index contributed by atoms with van der Waals surface area (Å²) in [6.45, 7) is 7.02. The van der Waals surface area contributed by atoms with Crippen LogP contribution >= 0.6 is 11.8 Å². The van der Waals surface area contributed by atoms with Crippen molar-refractivity contribution < 1.29 is 4.79 Å². The topological polar surface area (TPSA) is 51.0 Å². The standard InChI is InChI=1S/C24H34N4OS/c1-18(2)22(30-17-19-10-5-3-6-11-19)24(29)27-14-9-12-20(16-27)23-26-25-21-13-7-4-8-15-28(21)23/h3,5-6,10-11,18,20,22H,4,7-9,12-17H2,1-2H3. The molecule has 1 amide bonds. The largest absolute Gasteiger partial charge is 0.341 e. The maximum absolute atomic E-state index is 13.5. The molecule has 0 bridgehead atoms. The van der Waals surface area contributed by atoms with Crippen LogP contribution in [0.5, 0.6) is 0 Å². The molecule has 2 aromatic rings. The molecule has 6 heteroatoms. The van der Waals surface area contributed by atoms with Crippen LogP contribution in [0.2, 0.25) is 0 Å². The van der Waals surface area contributed by atoms with Crippen LogP contribution in [0.1, 0.15) is 69.1 Å². The third-order valence-corrected chi connectivity index (χ3v) is 7.96. The smallest absolute Gasteiger partial charge is 0.235 e. The number of likely N-dealkylation sites (tertiary alicyclic amines) is 1. The third-order valence-electron chi connectivity index (χ3n) is 6.36. The molecule has 2 aliphatic rings. The van der Waals surface area contributed by atoms with Crippen LogP contribution in [0.3, 0.4) is 0 Å². The fourth-order valence-corrected chi connectivity index (χ4v) is 5.93. The Morgan fingerprint density at radius 3 is 2.73 bits per heavy atom. The normalized spacial score (nSPS) is 20.6. The molecule has 1 fully saturated rings. The molecular weight excluding hydrogens is 392 g/mol. The fraction of sp³-hybridized carbons (Fsp3) is 0.625. The number of carbonyl (C=O) groups is 1. The van der Waals surface area contributed by atoms with Crippen LogP contribution in [0.15, 0.2) is 30.3 Å². The first-order valence-electron chi connectivity index (χ1n) is 11.5. The zero-order chi connectivity index (χ0) is 20.9. The number of thioether (sulfide) groups is 1. The fourth-order valence-electron chi connectivity index (χ4n) is 4.69. The van der Waals surface area contributed by atoms with Crippen LogP contribution < -0.4 is 0 Å². The van der Waals surface area contributed by atoms with Gasteiger partial charge in [0.1, 0.15) is 11.6 Å². The summed E-state index contributed by atoms with van der Waals surface area (Å²) in [5, 5.41) is 9.08. The molecule has 1 aromatic heterocycles. The Labute approximate surface area is 184 Å². The van der Waals surface area contributed by atoms with Gasteiger partial charge in [-0.2, -0.15) is 0 Å². The number of fused-ring (bicyclic) bond motifs is 1. The van der Waals surface area contributed by atoms with E-state index < -0.39 is 0 Å². The van der Waals surface area contributed by atoms with Gasteiger partial charge in [-0.05, 0) is 37.2 Å². The van der Waals surface area contributed by atoms with Crippen LogP contribution in [0.4, 0.5) is 0 Å². The van der Waals surface area contributed by atoms with Crippen molar-refractivity contribution in [2.24, 2.45) is 5.92 Å². The molecule has 1 saturated heterocycles. The van der Waals surface area contributed by atoms with Gasteiger partial charge in [-0.3, -0.25) is 4.79 Å². The van der Waals surface area contributed by atoms with E-state index in [0.717, 1.165) is 56.3 Å². The highest BCUT2D eigenvalue weighted by Crippen LogP contribution is 2.31. The number of hydrogen-bond acceptors (Lipinski definition) is 4. The SMILES string of the molecule is CC(C)C(SCc1ccccc1)C(=O)N1CCCC(c2nnc3n2CCCCC3)C1. The second-order valence-electron chi connectivity index (χ2n) is 9.02. The minimum Gasteiger partial charge on any atom is -0.341 e. The molecule has 2 atom stereocenters. The number of aromatic nitrogens is 3. The first-order chi connectivity index (χ1) is 14.6. The second-order valence-corrected chi connectivity index (χ2v) is 10.2. The zero-order valence-electron chi connectivity index (χ0n) is 18.3. The lowest BCUT2D eigenvalue weighted by Gasteiger charge is -2.35. The quantitative estimate of drug-likeness (QED) is 0.674. The lowest BCUT2D eigenvalue weighted by atomic mass is 9.96. The maximum atomic E-state index is 13.5. The lowest BCUT2D eigenvalue weighted by Crippen LogP contribution is -2.45. The third kappa shape index (κ3) is 4.90. The highest BCUT2D eigenvalue weighted by atomic mass is 32.2. The number of rotatable bonds is 6. The molecule has 0 aliphatic carbocycles. The van der Waals surface area contributed by atoms with Gasteiger partial charge in [0, 0.05) is 37.7 Å². The van der Waals surface area contributed by atoms with Crippen molar-refractivity contribution >= 4 is 17.7 Å². The van der Waals surface area contributed by atoms with E-state index in [1.165, 1.54) is 24.8 Å². The van der Waals surface area contributed by atoms with Gasteiger partial charge in [0.15, 0.2) is 0 Å². The van der Waals surface area contributed by atoms with Gasteiger partial charge >= 0.3 is 0 Å². The second kappa shape index (κ2) is 9.99. The van der Waals surface area contributed by atoms with Gasteiger partial charge in [-0.15, -0.1) is 22.0 Å². The van der Waals surface area contributed by atoms with Crippen molar-refractivity contribution in [1.29, 1.82) is 0 Å². The molecule has 162 valence electrons. The minimum absolute atomic E-state index is 0.000490. The van der Waals surface area contributed by atoms with E-state index in [1.807, 2.05) is 6.07 Å². The van der Waals surface area contributed by atoms with Crippen LogP contribution in [-0.2, 0) is 23.5 Å². The number of hydrogen-bond donors (Lipinski definition) is 0. The Hall–Kier alpha value is -1.82. The molecule has 0 N–H and O–H groups in total. The summed E-state index contributed by atoms with van der Waals surface area (Å²) in [6, 6.07) is 10.5. The van der Waals surface area contributed by atoms with Crippen molar-refractivity contribution in [2.75, 3.05) is 13.1 Å². The molecule has 4 rings (SSSR count). The molecule has 0 spiro atoms. The zero-order valence-corrected chi connectivity index (χ0v) is 19.1. The Balaban J connectivity index is 1.43. The Morgan fingerprint density at radius 1 is 1.10 bits per heavy atom. The van der Waals surface area contributed by atoms with E-state index in [4.69, 9.17) is 0 Å². The number of aryl methyl sites for hydroxylation is 1.